The average Bonchev–Trinajstić information content (AvgIpc) is 2.67. The molecule has 0 fully saturated rings. The quantitative estimate of drug-likeness (QED) is 0.443. The third-order valence-corrected chi connectivity index (χ3v) is 4.92. The molecule has 0 saturated carbocycles. The van der Waals surface area contributed by atoms with Crippen molar-refractivity contribution < 1.29 is 0 Å². The largest absolute Gasteiger partial charge is 0.0619 e. The maximum atomic E-state index is 2.35. The zero-order chi connectivity index (χ0) is 16.0. The predicted octanol–water partition coefficient (Wildman–Crippen LogP) is 6.51. The molecule has 0 nitrogen and oxygen atoms in total. The molecule has 0 unspecified atom stereocenters. The Morgan fingerprint density at radius 2 is 0.870 bits per heavy atom. The SMILES string of the molecule is CC(C)(C)C1c2ccccc2-c2ccccc2-c2ccccc21. The summed E-state index contributed by atoms with van der Waals surface area (Å²) in [6.07, 6.45) is 0. The van der Waals surface area contributed by atoms with Crippen LogP contribution in [0, 0.1) is 5.41 Å². The van der Waals surface area contributed by atoms with Gasteiger partial charge in [0, 0.05) is 5.92 Å². The third kappa shape index (κ3) is 2.21. The Morgan fingerprint density at radius 3 is 1.26 bits per heavy atom. The van der Waals surface area contributed by atoms with Gasteiger partial charge in [0.05, 0.1) is 0 Å². The van der Waals surface area contributed by atoms with Gasteiger partial charge in [0.25, 0.3) is 0 Å². The van der Waals surface area contributed by atoms with Crippen LogP contribution in [0.15, 0.2) is 72.8 Å². The standard InChI is InChI=1S/C23H22/c1-23(2,3)22-20-14-8-6-12-18(20)16-10-4-5-11-17(16)19-13-7-9-15-21(19)22/h4-15,22H,1-3H3. The molecule has 0 N–H and O–H groups in total. The molecule has 4 rings (SSSR count). The highest BCUT2D eigenvalue weighted by Gasteiger charge is 2.34. The van der Waals surface area contributed by atoms with Crippen LogP contribution in [0.1, 0.15) is 37.8 Å². The Kier molecular flexibility index (Phi) is 3.16. The van der Waals surface area contributed by atoms with E-state index in [-0.39, 0.29) is 5.41 Å². The van der Waals surface area contributed by atoms with Gasteiger partial charge in [-0.1, -0.05) is 93.6 Å². The lowest BCUT2D eigenvalue weighted by atomic mass is 9.71. The topological polar surface area (TPSA) is 0 Å². The van der Waals surface area contributed by atoms with Gasteiger partial charge in [0.2, 0.25) is 0 Å². The first-order valence-corrected chi connectivity index (χ1v) is 8.35. The van der Waals surface area contributed by atoms with Gasteiger partial charge in [-0.05, 0) is 38.8 Å². The molecule has 0 heteroatoms. The molecule has 0 spiro atoms. The van der Waals surface area contributed by atoms with Crippen molar-refractivity contribution >= 4 is 0 Å². The van der Waals surface area contributed by atoms with Crippen LogP contribution in [-0.2, 0) is 0 Å². The summed E-state index contributed by atoms with van der Waals surface area (Å²) in [5.74, 6) is 0.391. The molecule has 0 atom stereocenters. The Morgan fingerprint density at radius 1 is 0.522 bits per heavy atom. The Bertz CT molecular complexity index is 798. The minimum Gasteiger partial charge on any atom is -0.0619 e. The third-order valence-electron chi connectivity index (χ3n) is 4.92. The molecule has 0 saturated heterocycles. The van der Waals surface area contributed by atoms with Gasteiger partial charge in [-0.3, -0.25) is 0 Å². The highest BCUT2D eigenvalue weighted by molar-refractivity contribution is 5.89. The number of hydrogen-bond donors (Lipinski definition) is 0. The molecule has 0 radical (unpaired) electrons. The van der Waals surface area contributed by atoms with Crippen molar-refractivity contribution in [1.82, 2.24) is 0 Å². The molecule has 0 bridgehead atoms. The van der Waals surface area contributed by atoms with Gasteiger partial charge < -0.3 is 0 Å². The minimum atomic E-state index is 0.161. The van der Waals surface area contributed by atoms with Crippen molar-refractivity contribution in [3.05, 3.63) is 83.9 Å². The van der Waals surface area contributed by atoms with E-state index in [0.717, 1.165) is 0 Å². The normalized spacial score (nSPS) is 13.7. The van der Waals surface area contributed by atoms with E-state index in [2.05, 4.69) is 93.6 Å². The molecule has 0 heterocycles. The molecule has 23 heavy (non-hydrogen) atoms. The van der Waals surface area contributed by atoms with E-state index in [9.17, 15) is 0 Å². The molecule has 114 valence electrons. The van der Waals surface area contributed by atoms with Crippen molar-refractivity contribution in [3.63, 3.8) is 0 Å². The molecular weight excluding hydrogens is 276 g/mol. The summed E-state index contributed by atoms with van der Waals surface area (Å²) in [4.78, 5) is 0. The number of rotatable bonds is 0. The van der Waals surface area contributed by atoms with E-state index in [4.69, 9.17) is 0 Å². The van der Waals surface area contributed by atoms with E-state index in [0.29, 0.717) is 5.92 Å². The summed E-state index contributed by atoms with van der Waals surface area (Å²) in [5.41, 5.74) is 8.49. The summed E-state index contributed by atoms with van der Waals surface area (Å²) in [7, 11) is 0. The van der Waals surface area contributed by atoms with Crippen molar-refractivity contribution in [1.29, 1.82) is 0 Å². The Balaban J connectivity index is 2.17. The average molecular weight is 298 g/mol. The van der Waals surface area contributed by atoms with Crippen molar-refractivity contribution in [2.75, 3.05) is 0 Å². The molecule has 0 aliphatic heterocycles. The van der Waals surface area contributed by atoms with Crippen LogP contribution in [0.5, 0.6) is 0 Å². The van der Waals surface area contributed by atoms with Gasteiger partial charge in [-0.2, -0.15) is 0 Å². The van der Waals surface area contributed by atoms with Crippen LogP contribution in [0.4, 0.5) is 0 Å². The first-order valence-electron chi connectivity index (χ1n) is 8.35. The monoisotopic (exact) mass is 298 g/mol. The number of benzene rings is 3. The van der Waals surface area contributed by atoms with Crippen LogP contribution in [0.3, 0.4) is 0 Å². The predicted molar refractivity (Wildman–Crippen MR) is 98.6 cm³/mol. The second kappa shape index (κ2) is 5.09. The van der Waals surface area contributed by atoms with E-state index in [1.165, 1.54) is 33.4 Å². The molecule has 0 amide bonds. The zero-order valence-electron chi connectivity index (χ0n) is 14.0. The van der Waals surface area contributed by atoms with Crippen molar-refractivity contribution in [2.45, 2.75) is 26.7 Å². The molecule has 3 aromatic carbocycles. The van der Waals surface area contributed by atoms with Crippen LogP contribution >= 0.6 is 0 Å². The molecule has 1 aliphatic rings. The molecule has 1 aliphatic carbocycles. The second-order valence-electron chi connectivity index (χ2n) is 7.52. The number of fused-ring (bicyclic) bond motifs is 5. The van der Waals surface area contributed by atoms with Crippen molar-refractivity contribution in [3.8, 4) is 22.3 Å². The number of hydrogen-bond acceptors (Lipinski definition) is 0. The second-order valence-corrected chi connectivity index (χ2v) is 7.52. The van der Waals surface area contributed by atoms with Crippen LogP contribution < -0.4 is 0 Å². The fourth-order valence-corrected chi connectivity index (χ4v) is 4.04. The maximum Gasteiger partial charge on any atom is 0.0150 e. The van der Waals surface area contributed by atoms with Crippen molar-refractivity contribution in [2.24, 2.45) is 5.41 Å². The highest BCUT2D eigenvalue weighted by Crippen LogP contribution is 2.51. The summed E-state index contributed by atoms with van der Waals surface area (Å²) >= 11 is 0. The first kappa shape index (κ1) is 14.3. The van der Waals surface area contributed by atoms with E-state index >= 15 is 0 Å². The summed E-state index contributed by atoms with van der Waals surface area (Å²) in [5, 5.41) is 0. The highest BCUT2D eigenvalue weighted by atomic mass is 14.4. The first-order chi connectivity index (χ1) is 11.1. The van der Waals surface area contributed by atoms with E-state index in [1.807, 2.05) is 0 Å². The fourth-order valence-electron chi connectivity index (χ4n) is 4.04. The van der Waals surface area contributed by atoms with Crippen LogP contribution in [0.2, 0.25) is 0 Å². The maximum absolute atomic E-state index is 2.35. The Hall–Kier alpha value is -2.34. The van der Waals surface area contributed by atoms with Gasteiger partial charge in [0.1, 0.15) is 0 Å². The summed E-state index contributed by atoms with van der Waals surface area (Å²) in [6, 6.07) is 26.7. The fraction of sp³-hybridized carbons (Fsp3) is 0.217. The molecular formula is C23H22. The smallest absolute Gasteiger partial charge is 0.0150 e. The molecule has 0 aromatic heterocycles. The lowest BCUT2D eigenvalue weighted by Crippen LogP contribution is -2.20. The van der Waals surface area contributed by atoms with Gasteiger partial charge in [-0.15, -0.1) is 0 Å². The molecule has 3 aromatic rings. The van der Waals surface area contributed by atoms with Gasteiger partial charge >= 0.3 is 0 Å². The van der Waals surface area contributed by atoms with Crippen LogP contribution in [-0.4, -0.2) is 0 Å². The van der Waals surface area contributed by atoms with Gasteiger partial charge in [0.15, 0.2) is 0 Å². The lowest BCUT2D eigenvalue weighted by molar-refractivity contribution is 0.360. The zero-order valence-corrected chi connectivity index (χ0v) is 14.0. The van der Waals surface area contributed by atoms with E-state index < -0.39 is 0 Å². The Labute approximate surface area is 138 Å². The van der Waals surface area contributed by atoms with Crippen LogP contribution in [0.25, 0.3) is 22.3 Å². The van der Waals surface area contributed by atoms with Gasteiger partial charge in [-0.25, -0.2) is 0 Å². The summed E-state index contributed by atoms with van der Waals surface area (Å²) in [6.45, 7) is 7.05. The minimum absolute atomic E-state index is 0.161. The van der Waals surface area contributed by atoms with E-state index in [1.54, 1.807) is 0 Å². The lowest BCUT2D eigenvalue weighted by Gasteiger charge is -2.33. The summed E-state index contributed by atoms with van der Waals surface area (Å²) < 4.78 is 0.